The first-order chi connectivity index (χ1) is 7.76. The lowest BCUT2D eigenvalue weighted by molar-refractivity contribution is -0.142. The number of hydrogen-bond donors (Lipinski definition) is 0. The molecule has 0 spiro atoms. The van der Waals surface area contributed by atoms with Gasteiger partial charge in [0.25, 0.3) is 0 Å². The fourth-order valence-electron chi connectivity index (χ4n) is 1.95. The van der Waals surface area contributed by atoms with Crippen molar-refractivity contribution in [2.45, 2.75) is 19.3 Å². The van der Waals surface area contributed by atoms with Gasteiger partial charge in [-0.1, -0.05) is 12.1 Å². The van der Waals surface area contributed by atoms with Crippen molar-refractivity contribution in [2.75, 3.05) is 13.7 Å². The van der Waals surface area contributed by atoms with E-state index < -0.39 is 0 Å². The third-order valence-electron chi connectivity index (χ3n) is 2.91. The molecule has 1 aromatic carbocycles. The number of benzene rings is 1. The minimum absolute atomic E-state index is 0.0583. The van der Waals surface area contributed by atoms with E-state index in [2.05, 4.69) is 0 Å². The third kappa shape index (κ3) is 2.18. The molecular weight excluding hydrogens is 204 g/mol. The standard InChI is InChI=1S/C13H16O3/c1-3-16-10-6-4-9(5-7-10)11-8-12(11)13(14)15-2/h4-7,11-12H,3,8H2,1-2H3/t11-,12+/m1/s1. The van der Waals surface area contributed by atoms with Crippen LogP contribution in [0.3, 0.4) is 0 Å². The lowest BCUT2D eigenvalue weighted by atomic mass is 10.1. The molecule has 1 aliphatic rings. The Hall–Kier alpha value is -1.51. The molecule has 0 aromatic heterocycles. The quantitative estimate of drug-likeness (QED) is 0.731. The molecule has 0 amide bonds. The molecule has 0 unspecified atom stereocenters. The number of esters is 1. The molecule has 1 aromatic rings. The predicted molar refractivity (Wildman–Crippen MR) is 60.5 cm³/mol. The number of carbonyl (C=O) groups is 1. The van der Waals surface area contributed by atoms with Gasteiger partial charge < -0.3 is 9.47 Å². The zero-order valence-corrected chi connectivity index (χ0v) is 9.60. The molecule has 86 valence electrons. The van der Waals surface area contributed by atoms with Crippen LogP contribution in [0.4, 0.5) is 0 Å². The lowest BCUT2D eigenvalue weighted by Gasteiger charge is -2.04. The van der Waals surface area contributed by atoms with Crippen molar-refractivity contribution in [3.63, 3.8) is 0 Å². The van der Waals surface area contributed by atoms with Gasteiger partial charge in [-0.3, -0.25) is 4.79 Å². The fourth-order valence-corrected chi connectivity index (χ4v) is 1.95. The SMILES string of the molecule is CCOc1ccc([C@H]2C[C@@H]2C(=O)OC)cc1. The molecule has 1 fully saturated rings. The van der Waals surface area contributed by atoms with Crippen molar-refractivity contribution in [1.29, 1.82) is 0 Å². The first-order valence-electron chi connectivity index (χ1n) is 5.56. The van der Waals surface area contributed by atoms with Crippen LogP contribution in [0.25, 0.3) is 0 Å². The minimum Gasteiger partial charge on any atom is -0.494 e. The highest BCUT2D eigenvalue weighted by Crippen LogP contribution is 2.48. The van der Waals surface area contributed by atoms with Crippen molar-refractivity contribution in [3.8, 4) is 5.75 Å². The average molecular weight is 220 g/mol. The van der Waals surface area contributed by atoms with Gasteiger partial charge in [-0.25, -0.2) is 0 Å². The fraction of sp³-hybridized carbons (Fsp3) is 0.462. The minimum atomic E-state index is -0.0983. The van der Waals surface area contributed by atoms with E-state index in [1.165, 1.54) is 12.7 Å². The van der Waals surface area contributed by atoms with Gasteiger partial charge in [0.05, 0.1) is 19.6 Å². The molecule has 2 rings (SSSR count). The third-order valence-corrected chi connectivity index (χ3v) is 2.91. The van der Waals surface area contributed by atoms with Crippen molar-refractivity contribution in [3.05, 3.63) is 29.8 Å². The lowest BCUT2D eigenvalue weighted by Crippen LogP contribution is -2.03. The molecule has 0 heterocycles. The van der Waals surface area contributed by atoms with Crippen molar-refractivity contribution < 1.29 is 14.3 Å². The maximum atomic E-state index is 11.3. The summed E-state index contributed by atoms with van der Waals surface area (Å²) in [5.74, 6) is 1.17. The Morgan fingerprint density at radius 2 is 2.06 bits per heavy atom. The van der Waals surface area contributed by atoms with Gasteiger partial charge in [0.1, 0.15) is 5.75 Å². The van der Waals surface area contributed by atoms with E-state index >= 15 is 0 Å². The Morgan fingerprint density at radius 1 is 1.38 bits per heavy atom. The van der Waals surface area contributed by atoms with Crippen LogP contribution in [0.1, 0.15) is 24.8 Å². The van der Waals surface area contributed by atoms with Gasteiger partial charge in [-0.2, -0.15) is 0 Å². The zero-order valence-electron chi connectivity index (χ0n) is 9.60. The number of rotatable bonds is 4. The molecule has 0 saturated heterocycles. The highest BCUT2D eigenvalue weighted by atomic mass is 16.5. The second-order valence-corrected chi connectivity index (χ2v) is 3.97. The Labute approximate surface area is 95.4 Å². The van der Waals surface area contributed by atoms with Crippen molar-refractivity contribution in [2.24, 2.45) is 5.92 Å². The van der Waals surface area contributed by atoms with Crippen molar-refractivity contribution in [1.82, 2.24) is 0 Å². The molecule has 3 nitrogen and oxygen atoms in total. The summed E-state index contributed by atoms with van der Waals surface area (Å²) >= 11 is 0. The predicted octanol–water partition coefficient (Wildman–Crippen LogP) is 2.36. The smallest absolute Gasteiger partial charge is 0.309 e. The van der Waals surface area contributed by atoms with E-state index in [-0.39, 0.29) is 11.9 Å². The summed E-state index contributed by atoms with van der Waals surface area (Å²) in [6, 6.07) is 7.95. The van der Waals surface area contributed by atoms with Crippen LogP contribution < -0.4 is 4.74 Å². The van der Waals surface area contributed by atoms with Crippen LogP contribution in [0.2, 0.25) is 0 Å². The number of ether oxygens (including phenoxy) is 2. The average Bonchev–Trinajstić information content (AvgIpc) is 3.10. The van der Waals surface area contributed by atoms with Crippen LogP contribution in [-0.4, -0.2) is 19.7 Å². The zero-order chi connectivity index (χ0) is 11.5. The molecule has 0 bridgehead atoms. The Kier molecular flexibility index (Phi) is 3.13. The summed E-state index contributed by atoms with van der Waals surface area (Å²) in [4.78, 5) is 11.3. The molecule has 16 heavy (non-hydrogen) atoms. The van der Waals surface area contributed by atoms with E-state index in [1.54, 1.807) is 0 Å². The topological polar surface area (TPSA) is 35.5 Å². The molecule has 1 aliphatic carbocycles. The second-order valence-electron chi connectivity index (χ2n) is 3.97. The summed E-state index contributed by atoms with van der Waals surface area (Å²) in [6.45, 7) is 2.63. The maximum absolute atomic E-state index is 11.3. The molecule has 1 saturated carbocycles. The van der Waals surface area contributed by atoms with E-state index in [4.69, 9.17) is 9.47 Å². The van der Waals surface area contributed by atoms with Gasteiger partial charge in [-0.05, 0) is 37.0 Å². The molecule has 2 atom stereocenters. The van der Waals surface area contributed by atoms with Gasteiger partial charge >= 0.3 is 5.97 Å². The van der Waals surface area contributed by atoms with Crippen LogP contribution in [0.15, 0.2) is 24.3 Å². The van der Waals surface area contributed by atoms with Crippen LogP contribution in [-0.2, 0) is 9.53 Å². The van der Waals surface area contributed by atoms with Crippen molar-refractivity contribution >= 4 is 5.97 Å². The molecule has 0 N–H and O–H groups in total. The Morgan fingerprint density at radius 3 is 2.62 bits per heavy atom. The van der Waals surface area contributed by atoms with E-state index in [0.717, 1.165) is 12.2 Å². The maximum Gasteiger partial charge on any atom is 0.309 e. The van der Waals surface area contributed by atoms with Crippen LogP contribution in [0, 0.1) is 5.92 Å². The summed E-state index contributed by atoms with van der Waals surface area (Å²) in [7, 11) is 1.44. The number of methoxy groups -OCH3 is 1. The summed E-state index contributed by atoms with van der Waals surface area (Å²) in [5.41, 5.74) is 1.19. The van der Waals surface area contributed by atoms with Gasteiger partial charge in [-0.15, -0.1) is 0 Å². The van der Waals surface area contributed by atoms with E-state index in [0.29, 0.717) is 12.5 Å². The van der Waals surface area contributed by atoms with Gasteiger partial charge in [0.15, 0.2) is 0 Å². The van der Waals surface area contributed by atoms with E-state index in [9.17, 15) is 4.79 Å². The largest absolute Gasteiger partial charge is 0.494 e. The molecule has 0 radical (unpaired) electrons. The monoisotopic (exact) mass is 220 g/mol. The highest BCUT2D eigenvalue weighted by Gasteiger charge is 2.44. The van der Waals surface area contributed by atoms with Gasteiger partial charge in [0, 0.05) is 0 Å². The number of carbonyl (C=O) groups excluding carboxylic acids is 1. The summed E-state index contributed by atoms with van der Waals surface area (Å²) in [6.07, 6.45) is 0.903. The summed E-state index contributed by atoms with van der Waals surface area (Å²) < 4.78 is 10.1. The normalized spacial score (nSPS) is 22.6. The van der Waals surface area contributed by atoms with Crippen LogP contribution >= 0.6 is 0 Å². The molecular formula is C13H16O3. The second kappa shape index (κ2) is 4.56. The summed E-state index contributed by atoms with van der Waals surface area (Å²) in [5, 5.41) is 0. The highest BCUT2D eigenvalue weighted by molar-refractivity contribution is 5.77. The first kappa shape index (κ1) is 11.0. The number of hydrogen-bond acceptors (Lipinski definition) is 3. The Balaban J connectivity index is 1.99. The van der Waals surface area contributed by atoms with Crippen LogP contribution in [0.5, 0.6) is 5.75 Å². The van der Waals surface area contributed by atoms with Gasteiger partial charge in [0.2, 0.25) is 0 Å². The van der Waals surface area contributed by atoms with E-state index in [1.807, 2.05) is 31.2 Å². The molecule has 3 heteroatoms. The first-order valence-corrected chi connectivity index (χ1v) is 5.56. The Bertz CT molecular complexity index is 369. The molecule has 0 aliphatic heterocycles.